The summed E-state index contributed by atoms with van der Waals surface area (Å²) in [6, 6.07) is 16.8. The number of hydrogen-bond acceptors (Lipinski definition) is 4. The molecule has 0 aliphatic carbocycles. The molecule has 0 unspecified atom stereocenters. The minimum Gasteiger partial charge on any atom is -0.210 e. The van der Waals surface area contributed by atoms with Gasteiger partial charge in [-0.2, -0.15) is 12.6 Å². The Labute approximate surface area is 129 Å². The van der Waals surface area contributed by atoms with Crippen molar-refractivity contribution in [3.63, 3.8) is 0 Å². The summed E-state index contributed by atoms with van der Waals surface area (Å²) in [5.74, 6) is 0.473. The Hall–Kier alpha value is -0.950. The van der Waals surface area contributed by atoms with Crippen LogP contribution in [0.15, 0.2) is 69.3 Å². The molecule has 0 spiro atoms. The van der Waals surface area contributed by atoms with Gasteiger partial charge in [0.1, 0.15) is 0 Å². The minimum absolute atomic E-state index is 0.275. The Morgan fingerprint density at radius 1 is 0.950 bits per heavy atom. The Morgan fingerprint density at radius 2 is 1.55 bits per heavy atom. The summed E-state index contributed by atoms with van der Waals surface area (Å²) in [5, 5.41) is 0. The van der Waals surface area contributed by atoms with Crippen LogP contribution in [-0.2, 0) is 10.0 Å². The molecule has 0 aliphatic heterocycles. The zero-order chi connectivity index (χ0) is 14.4. The first-order valence-corrected chi connectivity index (χ1v) is 8.98. The first-order valence-electron chi connectivity index (χ1n) is 6.05. The number of benzene rings is 2. The Balaban J connectivity index is 2.10. The second kappa shape index (κ2) is 7.17. The van der Waals surface area contributed by atoms with Crippen LogP contribution in [0.3, 0.4) is 0 Å². The monoisotopic (exact) mass is 325 g/mol. The van der Waals surface area contributed by atoms with E-state index in [1.807, 2.05) is 42.5 Å². The van der Waals surface area contributed by atoms with Crippen molar-refractivity contribution in [2.45, 2.75) is 14.7 Å². The third-order valence-corrected chi connectivity index (χ3v) is 5.23. The van der Waals surface area contributed by atoms with Crippen molar-refractivity contribution in [1.29, 1.82) is 0 Å². The normalized spacial score (nSPS) is 11.4. The van der Waals surface area contributed by atoms with Crippen molar-refractivity contribution >= 4 is 34.4 Å². The van der Waals surface area contributed by atoms with Crippen LogP contribution in [0.4, 0.5) is 0 Å². The highest BCUT2D eigenvalue weighted by Crippen LogP contribution is 2.27. The lowest BCUT2D eigenvalue weighted by molar-refractivity contribution is 0.584. The first kappa shape index (κ1) is 15.4. The predicted octanol–water partition coefficient (Wildman–Crippen LogP) is 3.05. The molecule has 2 aromatic rings. The van der Waals surface area contributed by atoms with Gasteiger partial charge in [0.2, 0.25) is 10.0 Å². The second-order valence-corrected chi connectivity index (χ2v) is 7.37. The molecular weight excluding hydrogens is 310 g/mol. The molecule has 1 N–H and O–H groups in total. The van der Waals surface area contributed by atoms with Gasteiger partial charge in [-0.1, -0.05) is 30.0 Å². The molecule has 0 heterocycles. The molecule has 2 aromatic carbocycles. The van der Waals surface area contributed by atoms with Crippen molar-refractivity contribution in [2.24, 2.45) is 0 Å². The maximum atomic E-state index is 11.9. The second-order valence-electron chi connectivity index (χ2n) is 4.01. The lowest BCUT2D eigenvalue weighted by Crippen LogP contribution is -2.25. The molecule has 20 heavy (non-hydrogen) atoms. The van der Waals surface area contributed by atoms with Crippen LogP contribution in [0.1, 0.15) is 0 Å². The summed E-state index contributed by atoms with van der Waals surface area (Å²) in [7, 11) is -3.42. The van der Waals surface area contributed by atoms with Crippen molar-refractivity contribution in [2.75, 3.05) is 12.3 Å². The van der Waals surface area contributed by atoms with E-state index in [9.17, 15) is 8.42 Å². The standard InChI is InChI=1S/C14H15NO2S3/c16-20(17,15-10-11-18)14-8-6-13(7-9-14)19-12-4-2-1-3-5-12/h1-9,15,18H,10-11H2. The summed E-state index contributed by atoms with van der Waals surface area (Å²) in [4.78, 5) is 2.40. The fourth-order valence-electron chi connectivity index (χ4n) is 1.57. The van der Waals surface area contributed by atoms with Crippen molar-refractivity contribution in [1.82, 2.24) is 4.72 Å². The Morgan fingerprint density at radius 3 is 2.15 bits per heavy atom. The number of hydrogen-bond donors (Lipinski definition) is 2. The highest BCUT2D eigenvalue weighted by atomic mass is 32.2. The molecule has 6 heteroatoms. The SMILES string of the molecule is O=S(=O)(NCCS)c1ccc(Sc2ccccc2)cc1. The van der Waals surface area contributed by atoms with Crippen molar-refractivity contribution in [3.8, 4) is 0 Å². The molecule has 0 saturated heterocycles. The molecule has 0 saturated carbocycles. The third kappa shape index (κ3) is 4.28. The Bertz CT molecular complexity index is 640. The average molecular weight is 325 g/mol. The molecule has 0 aromatic heterocycles. The predicted molar refractivity (Wildman–Crippen MR) is 86.0 cm³/mol. The fourth-order valence-corrected chi connectivity index (χ4v) is 3.71. The average Bonchev–Trinajstić information content (AvgIpc) is 2.47. The van der Waals surface area contributed by atoms with Crippen LogP contribution in [0.25, 0.3) is 0 Å². The third-order valence-electron chi connectivity index (χ3n) is 2.52. The van der Waals surface area contributed by atoms with E-state index in [1.54, 1.807) is 23.9 Å². The number of sulfonamides is 1. The van der Waals surface area contributed by atoms with Gasteiger partial charge in [0.25, 0.3) is 0 Å². The van der Waals surface area contributed by atoms with Gasteiger partial charge in [-0.05, 0) is 36.4 Å². The van der Waals surface area contributed by atoms with E-state index in [-0.39, 0.29) is 4.90 Å². The van der Waals surface area contributed by atoms with Gasteiger partial charge in [0.15, 0.2) is 0 Å². The fraction of sp³-hybridized carbons (Fsp3) is 0.143. The largest absolute Gasteiger partial charge is 0.240 e. The van der Waals surface area contributed by atoms with Crippen LogP contribution in [0, 0.1) is 0 Å². The maximum absolute atomic E-state index is 11.9. The van der Waals surface area contributed by atoms with Crippen LogP contribution in [0.2, 0.25) is 0 Å². The molecule has 0 aliphatic rings. The van der Waals surface area contributed by atoms with Gasteiger partial charge >= 0.3 is 0 Å². The molecule has 0 fully saturated rings. The van der Waals surface area contributed by atoms with Gasteiger partial charge in [-0.3, -0.25) is 0 Å². The number of nitrogens with one attached hydrogen (secondary N) is 1. The summed E-state index contributed by atoms with van der Waals surface area (Å²) in [6.07, 6.45) is 0. The van der Waals surface area contributed by atoms with Gasteiger partial charge in [0, 0.05) is 22.1 Å². The van der Waals surface area contributed by atoms with E-state index in [1.165, 1.54) is 0 Å². The van der Waals surface area contributed by atoms with Gasteiger partial charge < -0.3 is 0 Å². The number of rotatable bonds is 6. The molecular formula is C14H15NO2S3. The lowest BCUT2D eigenvalue weighted by atomic mass is 10.4. The van der Waals surface area contributed by atoms with Gasteiger partial charge in [-0.25, -0.2) is 13.1 Å². The maximum Gasteiger partial charge on any atom is 0.240 e. The summed E-state index contributed by atoms with van der Waals surface area (Å²) < 4.78 is 26.3. The summed E-state index contributed by atoms with van der Waals surface area (Å²) in [6.45, 7) is 0.325. The number of thiol groups is 1. The van der Waals surface area contributed by atoms with E-state index < -0.39 is 10.0 Å². The highest BCUT2D eigenvalue weighted by molar-refractivity contribution is 7.99. The summed E-state index contributed by atoms with van der Waals surface area (Å²) in [5.41, 5.74) is 0. The van der Waals surface area contributed by atoms with E-state index >= 15 is 0 Å². The van der Waals surface area contributed by atoms with Crippen LogP contribution in [0.5, 0.6) is 0 Å². The zero-order valence-electron chi connectivity index (χ0n) is 10.7. The van der Waals surface area contributed by atoms with Gasteiger partial charge in [-0.15, -0.1) is 0 Å². The van der Waals surface area contributed by atoms with Crippen LogP contribution < -0.4 is 4.72 Å². The molecule has 0 amide bonds. The molecule has 0 bridgehead atoms. The molecule has 0 atom stereocenters. The topological polar surface area (TPSA) is 46.2 Å². The van der Waals surface area contributed by atoms with E-state index in [2.05, 4.69) is 17.4 Å². The van der Waals surface area contributed by atoms with E-state index in [4.69, 9.17) is 0 Å². The van der Waals surface area contributed by atoms with E-state index in [0.717, 1.165) is 9.79 Å². The van der Waals surface area contributed by atoms with Crippen LogP contribution >= 0.6 is 24.4 Å². The minimum atomic E-state index is -3.42. The molecule has 2 rings (SSSR count). The molecule has 0 radical (unpaired) electrons. The molecule has 3 nitrogen and oxygen atoms in total. The molecule has 106 valence electrons. The van der Waals surface area contributed by atoms with Gasteiger partial charge in [0.05, 0.1) is 4.90 Å². The first-order chi connectivity index (χ1) is 9.62. The van der Waals surface area contributed by atoms with Crippen LogP contribution in [-0.4, -0.2) is 20.7 Å². The van der Waals surface area contributed by atoms with Crippen molar-refractivity contribution < 1.29 is 8.42 Å². The Kier molecular flexibility index (Phi) is 5.54. The lowest BCUT2D eigenvalue weighted by Gasteiger charge is -2.06. The highest BCUT2D eigenvalue weighted by Gasteiger charge is 2.12. The van der Waals surface area contributed by atoms with E-state index in [0.29, 0.717) is 12.3 Å². The zero-order valence-corrected chi connectivity index (χ0v) is 13.2. The van der Waals surface area contributed by atoms with Crippen molar-refractivity contribution in [3.05, 3.63) is 54.6 Å². The smallest absolute Gasteiger partial charge is 0.210 e. The quantitative estimate of drug-likeness (QED) is 0.803. The summed E-state index contributed by atoms with van der Waals surface area (Å²) >= 11 is 5.58.